The van der Waals surface area contributed by atoms with Crippen LogP contribution in [0.5, 0.6) is 0 Å². The smallest absolute Gasteiger partial charge is 0.300 e. The predicted octanol–water partition coefficient (Wildman–Crippen LogP) is 2.87. The molecule has 0 unspecified atom stereocenters. The number of nitrogens with zero attached hydrogens (tertiary/aromatic N) is 3. The Balaban J connectivity index is 2.66. The van der Waals surface area contributed by atoms with Crippen molar-refractivity contribution in [3.63, 3.8) is 0 Å². The van der Waals surface area contributed by atoms with Crippen molar-refractivity contribution in [2.24, 2.45) is 0 Å². The van der Waals surface area contributed by atoms with Gasteiger partial charge in [-0.1, -0.05) is 0 Å². The van der Waals surface area contributed by atoms with Gasteiger partial charge in [0.1, 0.15) is 5.69 Å². The van der Waals surface area contributed by atoms with Crippen LogP contribution in [0.25, 0.3) is 0 Å². The van der Waals surface area contributed by atoms with Crippen LogP contribution >= 0.6 is 11.6 Å². The average Bonchev–Trinajstić information content (AvgIpc) is 2.46. The Morgan fingerprint density at radius 2 is 1.71 bits per heavy atom. The lowest BCUT2D eigenvalue weighted by Gasteiger charge is -2.29. The van der Waals surface area contributed by atoms with Crippen LogP contribution in [0.1, 0.15) is 29.6 Å². The third-order valence-corrected chi connectivity index (χ3v) is 3.57. The molecule has 0 spiro atoms. The Hall–Kier alpha value is -2.22. The Kier molecular flexibility index (Phi) is 4.37. The van der Waals surface area contributed by atoms with Crippen molar-refractivity contribution in [1.29, 1.82) is 0 Å². The first-order chi connectivity index (χ1) is 9.91. The number of carbonyl (C=O) groups is 1. The Morgan fingerprint density at radius 3 is 2.19 bits per heavy atom. The van der Waals surface area contributed by atoms with Crippen LogP contribution in [0.2, 0.25) is 0 Å². The summed E-state index contributed by atoms with van der Waals surface area (Å²) in [5.41, 5.74) is -1.11. The van der Waals surface area contributed by atoms with Crippen LogP contribution in [0.15, 0.2) is 12.1 Å². The number of nitro groups is 2. The lowest BCUT2D eigenvalue weighted by molar-refractivity contribution is -0.393. The van der Waals surface area contributed by atoms with E-state index >= 15 is 0 Å². The zero-order chi connectivity index (χ0) is 15.6. The molecule has 1 aliphatic rings. The molecule has 21 heavy (non-hydrogen) atoms. The van der Waals surface area contributed by atoms with E-state index in [9.17, 15) is 25.0 Å². The molecule has 1 aromatic rings. The summed E-state index contributed by atoms with van der Waals surface area (Å²) in [5.74, 6) is 0. The molecule has 0 atom stereocenters. The molecule has 0 radical (unpaired) electrons. The number of non-ortho nitro benzene ring substituents is 1. The normalized spacial score (nSPS) is 14.8. The molecular weight excluding hydrogens is 302 g/mol. The summed E-state index contributed by atoms with van der Waals surface area (Å²) in [5, 5.41) is 21.1. The lowest BCUT2D eigenvalue weighted by atomic mass is 10.1. The summed E-state index contributed by atoms with van der Waals surface area (Å²) in [6.45, 7) is 1.10. The second-order valence-corrected chi connectivity index (χ2v) is 5.04. The average molecular weight is 314 g/mol. The molecule has 1 heterocycles. The predicted molar refractivity (Wildman–Crippen MR) is 76.0 cm³/mol. The van der Waals surface area contributed by atoms with E-state index in [-0.39, 0.29) is 11.3 Å². The molecule has 1 saturated heterocycles. The molecule has 0 amide bonds. The van der Waals surface area contributed by atoms with Crippen LogP contribution in [-0.4, -0.2) is 28.2 Å². The fourth-order valence-corrected chi connectivity index (χ4v) is 2.59. The highest BCUT2D eigenvalue weighted by Gasteiger charge is 2.30. The first kappa shape index (κ1) is 15.2. The molecule has 0 bridgehead atoms. The van der Waals surface area contributed by atoms with Gasteiger partial charge in [-0.25, -0.2) is 0 Å². The number of nitro benzene ring substituents is 2. The lowest BCUT2D eigenvalue weighted by Crippen LogP contribution is -2.31. The molecule has 0 aliphatic carbocycles. The minimum Gasteiger partial charge on any atom is -0.365 e. The highest BCUT2D eigenvalue weighted by molar-refractivity contribution is 6.68. The standard InChI is InChI=1S/C12H12ClN3O5/c13-12(17)9-6-8(15(18)19)7-10(16(20)21)11(9)14-4-2-1-3-5-14/h6-7H,1-5H2. The highest BCUT2D eigenvalue weighted by atomic mass is 35.5. The van der Waals surface area contributed by atoms with Crippen molar-refractivity contribution in [1.82, 2.24) is 0 Å². The number of anilines is 1. The fourth-order valence-electron chi connectivity index (χ4n) is 2.45. The van der Waals surface area contributed by atoms with Gasteiger partial charge in [0.15, 0.2) is 0 Å². The van der Waals surface area contributed by atoms with Gasteiger partial charge < -0.3 is 4.90 Å². The van der Waals surface area contributed by atoms with Crippen LogP contribution in [0.3, 0.4) is 0 Å². The van der Waals surface area contributed by atoms with Gasteiger partial charge in [0.2, 0.25) is 0 Å². The Labute approximate surface area is 124 Å². The summed E-state index contributed by atoms with van der Waals surface area (Å²) >= 11 is 5.47. The zero-order valence-corrected chi connectivity index (χ0v) is 11.7. The summed E-state index contributed by atoms with van der Waals surface area (Å²) < 4.78 is 0. The Morgan fingerprint density at radius 1 is 1.10 bits per heavy atom. The van der Waals surface area contributed by atoms with Crippen LogP contribution in [0.4, 0.5) is 17.1 Å². The zero-order valence-electron chi connectivity index (χ0n) is 11.0. The monoisotopic (exact) mass is 313 g/mol. The maximum Gasteiger partial charge on any atom is 0.300 e. The van der Waals surface area contributed by atoms with Crippen LogP contribution in [0, 0.1) is 20.2 Å². The second-order valence-electron chi connectivity index (χ2n) is 4.70. The van der Waals surface area contributed by atoms with Gasteiger partial charge in [0, 0.05) is 19.2 Å². The van der Waals surface area contributed by atoms with Crippen molar-refractivity contribution in [2.45, 2.75) is 19.3 Å². The Bertz CT molecular complexity index is 578. The fraction of sp³-hybridized carbons (Fsp3) is 0.417. The summed E-state index contributed by atoms with van der Waals surface area (Å²) in [6, 6.07) is 1.86. The van der Waals surface area contributed by atoms with E-state index in [4.69, 9.17) is 11.6 Å². The number of hydrogen-bond acceptors (Lipinski definition) is 6. The largest absolute Gasteiger partial charge is 0.365 e. The molecule has 112 valence electrons. The molecule has 0 N–H and O–H groups in total. The van der Waals surface area contributed by atoms with Gasteiger partial charge in [-0.3, -0.25) is 25.0 Å². The molecule has 8 nitrogen and oxygen atoms in total. The third kappa shape index (κ3) is 3.10. The van der Waals surface area contributed by atoms with Crippen LogP contribution in [-0.2, 0) is 0 Å². The molecule has 1 aromatic carbocycles. The van der Waals surface area contributed by atoms with E-state index in [2.05, 4.69) is 0 Å². The minimum absolute atomic E-state index is 0.0744. The van der Waals surface area contributed by atoms with Crippen LogP contribution < -0.4 is 4.90 Å². The van der Waals surface area contributed by atoms with E-state index in [1.165, 1.54) is 0 Å². The highest BCUT2D eigenvalue weighted by Crippen LogP contribution is 2.38. The number of piperidine rings is 1. The number of rotatable bonds is 4. The van der Waals surface area contributed by atoms with Crippen molar-refractivity contribution < 1.29 is 14.6 Å². The van der Waals surface area contributed by atoms with E-state index in [0.717, 1.165) is 31.4 Å². The molecule has 0 aromatic heterocycles. The van der Waals surface area contributed by atoms with E-state index in [1.54, 1.807) is 4.90 Å². The van der Waals surface area contributed by atoms with E-state index in [1.807, 2.05) is 0 Å². The van der Waals surface area contributed by atoms with Gasteiger partial charge in [0.25, 0.3) is 16.6 Å². The molecule has 0 saturated carbocycles. The topological polar surface area (TPSA) is 107 Å². The quantitative estimate of drug-likeness (QED) is 0.480. The number of carbonyl (C=O) groups excluding carboxylic acids is 1. The number of halogens is 1. The van der Waals surface area contributed by atoms with Crippen molar-refractivity contribution in [3.8, 4) is 0 Å². The van der Waals surface area contributed by atoms with E-state index < -0.39 is 26.5 Å². The molecular formula is C12H12ClN3O5. The maximum absolute atomic E-state index is 11.6. The minimum atomic E-state index is -0.942. The summed E-state index contributed by atoms with van der Waals surface area (Å²) in [7, 11) is 0. The van der Waals surface area contributed by atoms with Crippen molar-refractivity contribution >= 4 is 33.9 Å². The number of hydrogen-bond donors (Lipinski definition) is 0. The molecule has 9 heteroatoms. The SMILES string of the molecule is O=C(Cl)c1cc([N+](=O)[O-])cc([N+](=O)[O-])c1N1CCCCC1. The maximum atomic E-state index is 11.6. The van der Waals surface area contributed by atoms with Gasteiger partial charge in [-0.15, -0.1) is 0 Å². The van der Waals surface area contributed by atoms with Crippen molar-refractivity contribution in [2.75, 3.05) is 18.0 Å². The van der Waals surface area contributed by atoms with Crippen molar-refractivity contribution in [3.05, 3.63) is 37.9 Å². The summed E-state index contributed by atoms with van der Waals surface area (Å²) in [6.07, 6.45) is 2.68. The first-order valence-corrected chi connectivity index (χ1v) is 6.71. The third-order valence-electron chi connectivity index (χ3n) is 3.37. The van der Waals surface area contributed by atoms with Gasteiger partial charge in [0.05, 0.1) is 21.5 Å². The van der Waals surface area contributed by atoms with E-state index in [0.29, 0.717) is 13.1 Å². The van der Waals surface area contributed by atoms with Gasteiger partial charge in [-0.2, -0.15) is 0 Å². The molecule has 1 fully saturated rings. The second kappa shape index (κ2) is 6.04. The number of benzene rings is 1. The van der Waals surface area contributed by atoms with Gasteiger partial charge >= 0.3 is 0 Å². The molecule has 2 rings (SSSR count). The summed E-state index contributed by atoms with van der Waals surface area (Å²) in [4.78, 5) is 33.8. The molecule has 1 aliphatic heterocycles. The van der Waals surface area contributed by atoms with Gasteiger partial charge in [-0.05, 0) is 30.9 Å². The first-order valence-electron chi connectivity index (χ1n) is 6.33.